The van der Waals surface area contributed by atoms with E-state index in [0.717, 1.165) is 33.6 Å². The van der Waals surface area contributed by atoms with Crippen molar-refractivity contribution in [2.45, 2.75) is 33.4 Å². The van der Waals surface area contributed by atoms with Crippen LogP contribution in [0, 0.1) is 13.8 Å². The molecule has 1 aliphatic rings. The first-order valence-electron chi connectivity index (χ1n) is 11.6. The molecule has 1 atom stereocenters. The number of halogens is 1. The summed E-state index contributed by atoms with van der Waals surface area (Å²) in [7, 11) is 0. The molecule has 8 heteroatoms. The Balaban J connectivity index is 1.42. The van der Waals surface area contributed by atoms with Gasteiger partial charge in [-0.2, -0.15) is 10.1 Å². The van der Waals surface area contributed by atoms with Gasteiger partial charge in [0.2, 0.25) is 5.95 Å². The van der Waals surface area contributed by atoms with E-state index in [1.54, 1.807) is 4.68 Å². The first kappa shape index (κ1) is 23.6. The molecular formula is C28H26ClN5O2. The van der Waals surface area contributed by atoms with Crippen LogP contribution in [0.1, 0.15) is 35.2 Å². The molecule has 2 heterocycles. The number of nitrogens with zero attached hydrogens (tertiary/aromatic N) is 3. The quantitative estimate of drug-likeness (QED) is 0.337. The number of aromatic nitrogens is 3. The molecule has 7 nitrogen and oxygen atoms in total. The molecule has 36 heavy (non-hydrogen) atoms. The Bertz CT molecular complexity index is 1460. The SMILES string of the molecule is CC1=C(C(=O)Nc2ccc(C)cc2C)C(c2ccc(OCc3cccc(Cl)c3)cc2)n2ncnc2N1. The lowest BCUT2D eigenvalue weighted by molar-refractivity contribution is -0.113. The number of aryl methyl sites for hydroxylation is 2. The molecule has 1 aromatic heterocycles. The minimum atomic E-state index is -0.448. The number of ether oxygens (including phenoxy) is 1. The van der Waals surface area contributed by atoms with E-state index in [4.69, 9.17) is 16.3 Å². The molecule has 1 unspecified atom stereocenters. The lowest BCUT2D eigenvalue weighted by Crippen LogP contribution is -2.31. The molecule has 0 aliphatic carbocycles. The molecule has 5 rings (SSSR count). The third-order valence-electron chi connectivity index (χ3n) is 6.16. The summed E-state index contributed by atoms with van der Waals surface area (Å²) in [4.78, 5) is 17.9. The standard InChI is InChI=1S/C28H26ClN5O2/c1-17-7-12-24(18(2)13-17)33-27(35)25-19(3)32-28-30-16-31-34(28)26(25)21-8-10-23(11-9-21)36-15-20-5-4-6-22(29)14-20/h4-14,16,26H,15H2,1-3H3,(H,33,35)(H,30,31,32). The van der Waals surface area contributed by atoms with Gasteiger partial charge in [-0.15, -0.1) is 0 Å². The number of hydrogen-bond donors (Lipinski definition) is 2. The number of hydrogen-bond acceptors (Lipinski definition) is 5. The Morgan fingerprint density at radius 1 is 1.08 bits per heavy atom. The van der Waals surface area contributed by atoms with Crippen LogP contribution < -0.4 is 15.4 Å². The van der Waals surface area contributed by atoms with E-state index in [-0.39, 0.29) is 5.91 Å². The molecule has 0 saturated heterocycles. The number of benzene rings is 3. The van der Waals surface area contributed by atoms with Crippen molar-refractivity contribution in [2.24, 2.45) is 0 Å². The number of fused-ring (bicyclic) bond motifs is 1. The highest BCUT2D eigenvalue weighted by Gasteiger charge is 2.33. The lowest BCUT2D eigenvalue weighted by Gasteiger charge is -2.29. The van der Waals surface area contributed by atoms with Gasteiger partial charge in [0.1, 0.15) is 24.7 Å². The third-order valence-corrected chi connectivity index (χ3v) is 6.39. The van der Waals surface area contributed by atoms with Gasteiger partial charge in [-0.25, -0.2) is 4.68 Å². The van der Waals surface area contributed by atoms with E-state index in [1.165, 1.54) is 6.33 Å². The second kappa shape index (κ2) is 9.87. The zero-order valence-corrected chi connectivity index (χ0v) is 21.0. The number of rotatable bonds is 6. The van der Waals surface area contributed by atoms with Gasteiger partial charge in [0.05, 0.1) is 5.57 Å². The zero-order chi connectivity index (χ0) is 25.2. The van der Waals surface area contributed by atoms with E-state index >= 15 is 0 Å². The monoisotopic (exact) mass is 499 g/mol. The second-order valence-corrected chi connectivity index (χ2v) is 9.29. The number of amides is 1. The Morgan fingerprint density at radius 3 is 2.64 bits per heavy atom. The van der Waals surface area contributed by atoms with E-state index in [1.807, 2.05) is 87.5 Å². The van der Waals surface area contributed by atoms with Crippen LogP contribution in [0.25, 0.3) is 0 Å². The summed E-state index contributed by atoms with van der Waals surface area (Å²) < 4.78 is 7.67. The van der Waals surface area contributed by atoms with E-state index < -0.39 is 6.04 Å². The van der Waals surface area contributed by atoms with Crippen LogP contribution in [0.15, 0.2) is 84.3 Å². The summed E-state index contributed by atoms with van der Waals surface area (Å²) in [6.45, 7) is 6.30. The maximum absolute atomic E-state index is 13.6. The van der Waals surface area contributed by atoms with Gasteiger partial charge < -0.3 is 15.4 Å². The maximum Gasteiger partial charge on any atom is 0.255 e. The topological polar surface area (TPSA) is 81.1 Å². The summed E-state index contributed by atoms with van der Waals surface area (Å²) in [6.07, 6.45) is 1.48. The minimum Gasteiger partial charge on any atom is -0.489 e. The molecule has 182 valence electrons. The van der Waals surface area contributed by atoms with Crippen LogP contribution in [0.4, 0.5) is 11.6 Å². The molecule has 4 aromatic rings. The number of allylic oxidation sites excluding steroid dienone is 1. The van der Waals surface area contributed by atoms with Gasteiger partial charge in [-0.1, -0.05) is 53.6 Å². The van der Waals surface area contributed by atoms with Gasteiger partial charge in [-0.3, -0.25) is 4.79 Å². The van der Waals surface area contributed by atoms with Crippen LogP contribution in [-0.4, -0.2) is 20.7 Å². The molecule has 0 bridgehead atoms. The Hall–Kier alpha value is -4.10. The van der Waals surface area contributed by atoms with Crippen molar-refractivity contribution >= 4 is 29.1 Å². The third kappa shape index (κ3) is 4.83. The van der Waals surface area contributed by atoms with Gasteiger partial charge >= 0.3 is 0 Å². The average Bonchev–Trinajstić information content (AvgIpc) is 3.32. The Kier molecular flexibility index (Phi) is 6.48. The molecule has 1 amide bonds. The fourth-order valence-corrected chi connectivity index (χ4v) is 4.59. The molecule has 1 aliphatic heterocycles. The minimum absolute atomic E-state index is 0.195. The molecule has 0 saturated carbocycles. The zero-order valence-electron chi connectivity index (χ0n) is 20.2. The highest BCUT2D eigenvalue weighted by molar-refractivity contribution is 6.30. The summed E-state index contributed by atoms with van der Waals surface area (Å²) in [5, 5.41) is 11.4. The number of anilines is 2. The van der Waals surface area contributed by atoms with Crippen LogP contribution in [0.5, 0.6) is 5.75 Å². The van der Waals surface area contributed by atoms with E-state index in [2.05, 4.69) is 20.7 Å². The summed E-state index contributed by atoms with van der Waals surface area (Å²) in [6, 6.07) is 20.8. The fourth-order valence-electron chi connectivity index (χ4n) is 4.38. The molecule has 0 fully saturated rings. The molecule has 2 N–H and O–H groups in total. The first-order chi connectivity index (χ1) is 17.4. The second-order valence-electron chi connectivity index (χ2n) is 8.85. The predicted octanol–water partition coefficient (Wildman–Crippen LogP) is 6.05. The summed E-state index contributed by atoms with van der Waals surface area (Å²) in [5.74, 6) is 1.11. The Morgan fingerprint density at radius 2 is 1.89 bits per heavy atom. The predicted molar refractivity (Wildman–Crippen MR) is 141 cm³/mol. The van der Waals surface area contributed by atoms with E-state index in [0.29, 0.717) is 28.9 Å². The highest BCUT2D eigenvalue weighted by Crippen LogP contribution is 2.36. The maximum atomic E-state index is 13.6. The number of carbonyl (C=O) groups is 1. The van der Waals surface area contributed by atoms with Crippen LogP contribution in [-0.2, 0) is 11.4 Å². The van der Waals surface area contributed by atoms with Crippen molar-refractivity contribution in [2.75, 3.05) is 10.6 Å². The first-order valence-corrected chi connectivity index (χ1v) is 12.0. The van der Waals surface area contributed by atoms with Gasteiger partial charge in [-0.05, 0) is 67.8 Å². The molecule has 0 radical (unpaired) electrons. The van der Waals surface area contributed by atoms with Crippen molar-refractivity contribution in [3.05, 3.63) is 112 Å². The van der Waals surface area contributed by atoms with Gasteiger partial charge in [0.15, 0.2) is 0 Å². The van der Waals surface area contributed by atoms with Crippen molar-refractivity contribution in [1.82, 2.24) is 14.8 Å². The fraction of sp³-hybridized carbons (Fsp3) is 0.179. The van der Waals surface area contributed by atoms with Crippen molar-refractivity contribution in [3.8, 4) is 5.75 Å². The van der Waals surface area contributed by atoms with Crippen molar-refractivity contribution in [1.29, 1.82) is 0 Å². The molecular weight excluding hydrogens is 474 g/mol. The average molecular weight is 500 g/mol. The summed E-state index contributed by atoms with van der Waals surface area (Å²) >= 11 is 6.07. The highest BCUT2D eigenvalue weighted by atomic mass is 35.5. The van der Waals surface area contributed by atoms with Gasteiger partial charge in [0, 0.05) is 16.4 Å². The van der Waals surface area contributed by atoms with Crippen LogP contribution in [0.3, 0.4) is 0 Å². The van der Waals surface area contributed by atoms with Crippen LogP contribution >= 0.6 is 11.6 Å². The number of nitrogens with one attached hydrogen (secondary N) is 2. The number of carbonyl (C=O) groups excluding carboxylic acids is 1. The molecule has 0 spiro atoms. The van der Waals surface area contributed by atoms with Crippen molar-refractivity contribution in [3.63, 3.8) is 0 Å². The van der Waals surface area contributed by atoms with E-state index in [9.17, 15) is 4.79 Å². The smallest absolute Gasteiger partial charge is 0.255 e. The Labute approximate surface area is 214 Å². The van der Waals surface area contributed by atoms with Crippen LogP contribution in [0.2, 0.25) is 5.02 Å². The molecule has 3 aromatic carbocycles. The lowest BCUT2D eigenvalue weighted by atomic mass is 9.94. The largest absolute Gasteiger partial charge is 0.489 e. The summed E-state index contributed by atoms with van der Waals surface area (Å²) in [5.41, 5.74) is 6.10. The van der Waals surface area contributed by atoms with Gasteiger partial charge in [0.25, 0.3) is 5.91 Å². The normalized spacial score (nSPS) is 14.7. The van der Waals surface area contributed by atoms with Crippen molar-refractivity contribution < 1.29 is 9.53 Å².